The van der Waals surface area contributed by atoms with Crippen LogP contribution in [0.2, 0.25) is 0 Å². The van der Waals surface area contributed by atoms with E-state index in [9.17, 15) is 17.2 Å². The van der Waals surface area contributed by atoms with Gasteiger partial charge in [0, 0.05) is 0 Å². The number of nitrogens with two attached hydrogens (primary N) is 1. The van der Waals surface area contributed by atoms with Crippen LogP contribution in [-0.2, 0) is 10.2 Å². The molecule has 0 fully saturated rings. The second-order valence-corrected chi connectivity index (χ2v) is 3.54. The number of hydrogen-bond donors (Lipinski definition) is 2. The topological polar surface area (TPSA) is 72.2 Å². The maximum absolute atomic E-state index is 12.8. The van der Waals surface area contributed by atoms with E-state index < -0.39 is 27.5 Å². The number of benzene rings is 1. The molecular formula is C6H6F2N2O2S. The highest BCUT2D eigenvalue weighted by atomic mass is 32.2. The van der Waals surface area contributed by atoms with Gasteiger partial charge < -0.3 is 0 Å². The van der Waals surface area contributed by atoms with Crippen LogP contribution in [0.3, 0.4) is 0 Å². The highest BCUT2D eigenvalue weighted by Crippen LogP contribution is 2.18. The van der Waals surface area contributed by atoms with Gasteiger partial charge >= 0.3 is 0 Å². The Balaban J connectivity index is 3.15. The average Bonchev–Trinajstić information content (AvgIpc) is 1.95. The van der Waals surface area contributed by atoms with Crippen LogP contribution >= 0.6 is 0 Å². The van der Waals surface area contributed by atoms with E-state index >= 15 is 0 Å². The summed E-state index contributed by atoms with van der Waals surface area (Å²) in [5, 5.41) is 4.53. The molecule has 4 nitrogen and oxygen atoms in total. The lowest BCUT2D eigenvalue weighted by Gasteiger charge is -2.04. The van der Waals surface area contributed by atoms with Crippen LogP contribution in [0.25, 0.3) is 0 Å². The van der Waals surface area contributed by atoms with Crippen LogP contribution in [0.4, 0.5) is 14.5 Å². The molecule has 7 heteroatoms. The SMILES string of the molecule is NS(=O)(=O)Nc1c(F)cccc1F. The minimum Gasteiger partial charge on any atom is -0.265 e. The molecule has 0 aliphatic rings. The first-order chi connectivity index (χ1) is 5.90. The van der Waals surface area contributed by atoms with Gasteiger partial charge in [-0.05, 0) is 12.1 Å². The van der Waals surface area contributed by atoms with Gasteiger partial charge in [-0.2, -0.15) is 8.42 Å². The molecule has 0 saturated carbocycles. The summed E-state index contributed by atoms with van der Waals surface area (Å²) in [4.78, 5) is 0. The molecule has 0 heterocycles. The summed E-state index contributed by atoms with van der Waals surface area (Å²) < 4.78 is 47.9. The van der Waals surface area contributed by atoms with Gasteiger partial charge in [0.1, 0.15) is 17.3 Å². The van der Waals surface area contributed by atoms with Gasteiger partial charge in [0.15, 0.2) is 0 Å². The smallest absolute Gasteiger partial charge is 0.265 e. The molecule has 0 unspecified atom stereocenters. The zero-order valence-electron chi connectivity index (χ0n) is 6.29. The third-order valence-electron chi connectivity index (χ3n) is 1.21. The molecule has 0 aromatic heterocycles. The molecule has 72 valence electrons. The fourth-order valence-electron chi connectivity index (χ4n) is 0.738. The van der Waals surface area contributed by atoms with Crippen molar-refractivity contribution in [2.24, 2.45) is 5.14 Å². The van der Waals surface area contributed by atoms with Gasteiger partial charge in [-0.3, -0.25) is 4.72 Å². The molecule has 0 spiro atoms. The van der Waals surface area contributed by atoms with Crippen molar-refractivity contribution in [1.29, 1.82) is 0 Å². The Morgan fingerprint density at radius 1 is 1.23 bits per heavy atom. The molecule has 13 heavy (non-hydrogen) atoms. The van der Waals surface area contributed by atoms with Crippen molar-refractivity contribution in [3.8, 4) is 0 Å². The molecule has 0 amide bonds. The van der Waals surface area contributed by atoms with Crippen LogP contribution in [-0.4, -0.2) is 8.42 Å². The van der Waals surface area contributed by atoms with Crippen molar-refractivity contribution < 1.29 is 17.2 Å². The summed E-state index contributed by atoms with van der Waals surface area (Å²) in [6, 6.07) is 2.94. The molecule has 0 aliphatic heterocycles. The first-order valence-electron chi connectivity index (χ1n) is 3.15. The monoisotopic (exact) mass is 208 g/mol. The van der Waals surface area contributed by atoms with Crippen molar-refractivity contribution >= 4 is 15.9 Å². The van der Waals surface area contributed by atoms with E-state index in [1.807, 2.05) is 0 Å². The van der Waals surface area contributed by atoms with E-state index in [0.717, 1.165) is 18.2 Å². The van der Waals surface area contributed by atoms with Gasteiger partial charge in [-0.15, -0.1) is 0 Å². The Bertz CT molecular complexity index is 398. The highest BCUT2D eigenvalue weighted by Gasteiger charge is 2.12. The van der Waals surface area contributed by atoms with Crippen LogP contribution in [0.5, 0.6) is 0 Å². The second kappa shape index (κ2) is 3.27. The fourth-order valence-corrected chi connectivity index (χ4v) is 1.22. The minimum atomic E-state index is -4.15. The molecule has 3 N–H and O–H groups in total. The van der Waals surface area contributed by atoms with Gasteiger partial charge in [0.25, 0.3) is 10.2 Å². The van der Waals surface area contributed by atoms with Crippen LogP contribution in [0.1, 0.15) is 0 Å². The fraction of sp³-hybridized carbons (Fsp3) is 0. The van der Waals surface area contributed by atoms with E-state index in [1.54, 1.807) is 0 Å². The first-order valence-corrected chi connectivity index (χ1v) is 4.69. The maximum atomic E-state index is 12.8. The lowest BCUT2D eigenvalue weighted by atomic mass is 10.3. The number of nitrogens with one attached hydrogen (secondary N) is 1. The molecule has 0 aliphatic carbocycles. The van der Waals surface area contributed by atoms with Crippen LogP contribution in [0, 0.1) is 11.6 Å². The predicted molar refractivity (Wildman–Crippen MR) is 43.1 cm³/mol. The van der Waals surface area contributed by atoms with Gasteiger partial charge in [0.2, 0.25) is 0 Å². The molecule has 0 radical (unpaired) electrons. The first kappa shape index (κ1) is 9.87. The normalized spacial score (nSPS) is 11.3. The maximum Gasteiger partial charge on any atom is 0.296 e. The lowest BCUT2D eigenvalue weighted by molar-refractivity contribution is 0.583. The average molecular weight is 208 g/mol. The van der Waals surface area contributed by atoms with Crippen molar-refractivity contribution in [3.63, 3.8) is 0 Å². The molecular weight excluding hydrogens is 202 g/mol. The number of halogens is 2. The van der Waals surface area contributed by atoms with Gasteiger partial charge in [0.05, 0.1) is 0 Å². The summed E-state index contributed by atoms with van der Waals surface area (Å²) in [5.41, 5.74) is -0.773. The van der Waals surface area contributed by atoms with Crippen molar-refractivity contribution in [1.82, 2.24) is 0 Å². The Kier molecular flexibility index (Phi) is 2.48. The van der Waals surface area contributed by atoms with E-state index in [4.69, 9.17) is 0 Å². The Morgan fingerprint density at radius 3 is 2.08 bits per heavy atom. The quantitative estimate of drug-likeness (QED) is 0.746. The molecule has 0 atom stereocenters. The van der Waals surface area contributed by atoms with E-state index in [-0.39, 0.29) is 0 Å². The highest BCUT2D eigenvalue weighted by molar-refractivity contribution is 7.90. The molecule has 1 aromatic rings. The molecule has 1 rings (SSSR count). The zero-order valence-corrected chi connectivity index (χ0v) is 7.11. The molecule has 0 bridgehead atoms. The minimum absolute atomic E-state index is 0.773. The summed E-state index contributed by atoms with van der Waals surface area (Å²) in [5.74, 6) is -2.04. The summed E-state index contributed by atoms with van der Waals surface area (Å²) in [6.07, 6.45) is 0. The summed E-state index contributed by atoms with van der Waals surface area (Å²) in [6.45, 7) is 0. The third-order valence-corrected chi connectivity index (χ3v) is 1.70. The van der Waals surface area contributed by atoms with E-state index in [0.29, 0.717) is 0 Å². The van der Waals surface area contributed by atoms with Crippen molar-refractivity contribution in [3.05, 3.63) is 29.8 Å². The van der Waals surface area contributed by atoms with Crippen LogP contribution in [0.15, 0.2) is 18.2 Å². The Hall–Kier alpha value is -1.21. The number of para-hydroxylation sites is 1. The van der Waals surface area contributed by atoms with Gasteiger partial charge in [-0.1, -0.05) is 6.07 Å². The standard InChI is InChI=1S/C6H6F2N2O2S/c7-4-2-1-3-5(8)6(4)10-13(9,11)12/h1-3,10H,(H2,9,11,12). The van der Waals surface area contributed by atoms with Gasteiger partial charge in [-0.25, -0.2) is 13.9 Å². The van der Waals surface area contributed by atoms with Crippen molar-refractivity contribution in [2.45, 2.75) is 0 Å². The number of rotatable bonds is 2. The lowest BCUT2D eigenvalue weighted by Crippen LogP contribution is -2.23. The van der Waals surface area contributed by atoms with Crippen molar-refractivity contribution in [2.75, 3.05) is 4.72 Å². The van der Waals surface area contributed by atoms with E-state index in [1.165, 1.54) is 4.72 Å². The predicted octanol–water partition coefficient (Wildman–Crippen LogP) is 0.580. The number of hydrogen-bond acceptors (Lipinski definition) is 2. The Labute approximate surface area is 73.5 Å². The largest absolute Gasteiger partial charge is 0.296 e. The summed E-state index contributed by atoms with van der Waals surface area (Å²) >= 11 is 0. The van der Waals surface area contributed by atoms with Crippen LogP contribution < -0.4 is 9.86 Å². The second-order valence-electron chi connectivity index (χ2n) is 2.24. The zero-order chi connectivity index (χ0) is 10.1. The van der Waals surface area contributed by atoms with E-state index in [2.05, 4.69) is 5.14 Å². The third kappa shape index (κ3) is 2.63. The number of anilines is 1. The summed E-state index contributed by atoms with van der Waals surface area (Å²) in [7, 11) is -4.15. The molecule has 1 aromatic carbocycles. The Morgan fingerprint density at radius 2 is 1.69 bits per heavy atom. The molecule has 0 saturated heterocycles.